The number of hydrogen-bond acceptors (Lipinski definition) is 4. The summed E-state index contributed by atoms with van der Waals surface area (Å²) >= 11 is 0. The summed E-state index contributed by atoms with van der Waals surface area (Å²) in [6, 6.07) is 3.03. The third-order valence-electron chi connectivity index (χ3n) is 1.78. The van der Waals surface area contributed by atoms with Gasteiger partial charge in [-0.3, -0.25) is 9.35 Å². The zero-order valence-electron chi connectivity index (χ0n) is 7.75. The molecule has 0 spiro atoms. The van der Waals surface area contributed by atoms with Gasteiger partial charge >= 0.3 is 5.97 Å². The first-order valence-corrected chi connectivity index (χ1v) is 5.32. The fourth-order valence-corrected chi connectivity index (χ4v) is 1.88. The molecule has 0 aliphatic carbocycles. The van der Waals surface area contributed by atoms with Crippen LogP contribution < -0.4 is 5.73 Å². The van der Waals surface area contributed by atoms with Crippen LogP contribution in [-0.4, -0.2) is 30.0 Å². The Labute approximate surface area is 90.2 Å². The van der Waals surface area contributed by atoms with Gasteiger partial charge in [0.15, 0.2) is 0 Å². The number of carbonyl (C=O) groups excluding carboxylic acids is 1. The lowest BCUT2D eigenvalue weighted by molar-refractivity contribution is 0.0687. The van der Waals surface area contributed by atoms with Gasteiger partial charge in [-0.2, -0.15) is 8.42 Å². The summed E-state index contributed by atoms with van der Waals surface area (Å²) in [5.41, 5.74) is 3.57. The molecule has 86 valence electrons. The number of amides is 1. The van der Waals surface area contributed by atoms with Crippen molar-refractivity contribution in [3.05, 3.63) is 29.3 Å². The Morgan fingerprint density at radius 3 is 2.19 bits per heavy atom. The van der Waals surface area contributed by atoms with Gasteiger partial charge < -0.3 is 10.8 Å². The van der Waals surface area contributed by atoms with Gasteiger partial charge in [0.2, 0.25) is 5.91 Å². The largest absolute Gasteiger partial charge is 0.478 e. The highest BCUT2D eigenvalue weighted by Crippen LogP contribution is 2.19. The smallest absolute Gasteiger partial charge is 0.337 e. The van der Waals surface area contributed by atoms with E-state index in [9.17, 15) is 18.0 Å². The number of carboxylic acids is 1. The second-order valence-electron chi connectivity index (χ2n) is 2.82. The molecule has 4 N–H and O–H groups in total. The fourth-order valence-electron chi connectivity index (χ4n) is 1.17. The van der Waals surface area contributed by atoms with Crippen molar-refractivity contribution in [1.29, 1.82) is 0 Å². The minimum Gasteiger partial charge on any atom is -0.478 e. The van der Waals surface area contributed by atoms with Crippen molar-refractivity contribution in [3.63, 3.8) is 0 Å². The molecule has 7 nitrogen and oxygen atoms in total. The topological polar surface area (TPSA) is 135 Å². The summed E-state index contributed by atoms with van der Waals surface area (Å²) < 4.78 is 30.5. The molecule has 0 fully saturated rings. The predicted octanol–water partition coefficient (Wildman–Crippen LogP) is -0.270. The molecule has 0 aliphatic rings. The average molecular weight is 245 g/mol. The Balaban J connectivity index is 3.72. The first-order valence-electron chi connectivity index (χ1n) is 3.88. The number of nitrogens with two attached hydrogens (primary N) is 1. The van der Waals surface area contributed by atoms with Crippen LogP contribution in [0.4, 0.5) is 0 Å². The van der Waals surface area contributed by atoms with Gasteiger partial charge in [0.25, 0.3) is 10.1 Å². The molecular weight excluding hydrogens is 238 g/mol. The van der Waals surface area contributed by atoms with E-state index in [1.807, 2.05) is 0 Å². The van der Waals surface area contributed by atoms with Gasteiger partial charge in [0.05, 0.1) is 11.1 Å². The molecule has 0 aromatic heterocycles. The monoisotopic (exact) mass is 245 g/mol. The molecule has 1 amide bonds. The van der Waals surface area contributed by atoms with E-state index in [2.05, 4.69) is 0 Å². The Kier molecular flexibility index (Phi) is 2.97. The van der Waals surface area contributed by atoms with Crippen LogP contribution in [0.3, 0.4) is 0 Å². The molecule has 16 heavy (non-hydrogen) atoms. The van der Waals surface area contributed by atoms with E-state index in [-0.39, 0.29) is 0 Å². The molecule has 1 aromatic rings. The normalized spacial score (nSPS) is 11.1. The molecule has 0 saturated carbocycles. The minimum absolute atomic E-state index is 0.484. The summed E-state index contributed by atoms with van der Waals surface area (Å²) in [7, 11) is -4.72. The molecule has 0 atom stereocenters. The number of carboxylic acid groups (broad SMARTS) is 1. The lowest BCUT2D eigenvalue weighted by atomic mass is 10.1. The quantitative estimate of drug-likeness (QED) is 0.627. The summed E-state index contributed by atoms with van der Waals surface area (Å²) in [5.74, 6) is -2.76. The van der Waals surface area contributed by atoms with Crippen LogP contribution in [0.25, 0.3) is 0 Å². The Bertz CT molecular complexity index is 562. The van der Waals surface area contributed by atoms with Gasteiger partial charge in [-0.05, 0) is 12.1 Å². The van der Waals surface area contributed by atoms with E-state index in [0.29, 0.717) is 0 Å². The van der Waals surface area contributed by atoms with E-state index in [0.717, 1.165) is 18.2 Å². The highest BCUT2D eigenvalue weighted by atomic mass is 32.2. The van der Waals surface area contributed by atoms with Crippen LogP contribution in [0.15, 0.2) is 23.1 Å². The maximum absolute atomic E-state index is 10.9. The number of carbonyl (C=O) groups is 2. The Morgan fingerprint density at radius 1 is 1.25 bits per heavy atom. The van der Waals surface area contributed by atoms with Crippen molar-refractivity contribution in [1.82, 2.24) is 0 Å². The zero-order chi connectivity index (χ0) is 12.5. The Hall–Kier alpha value is -1.93. The highest BCUT2D eigenvalue weighted by molar-refractivity contribution is 7.86. The fraction of sp³-hybridized carbons (Fsp3) is 0. The molecule has 0 aliphatic heterocycles. The standard InChI is InChI=1S/C8H7NO6S/c9-7(10)4-2-1-3-5(16(13,14)15)6(4)8(11)12/h1-3H,(H2,9,10)(H,11,12)(H,13,14,15). The number of aromatic carboxylic acids is 1. The first-order chi connectivity index (χ1) is 7.25. The molecule has 0 unspecified atom stereocenters. The Morgan fingerprint density at radius 2 is 1.81 bits per heavy atom. The SMILES string of the molecule is NC(=O)c1cccc(S(=O)(=O)O)c1C(=O)O. The summed E-state index contributed by atoms with van der Waals surface area (Å²) in [6.45, 7) is 0. The predicted molar refractivity (Wildman–Crippen MR) is 51.7 cm³/mol. The summed E-state index contributed by atoms with van der Waals surface area (Å²) in [4.78, 5) is 20.8. The third-order valence-corrected chi connectivity index (χ3v) is 2.68. The number of hydrogen-bond donors (Lipinski definition) is 3. The van der Waals surface area contributed by atoms with Gasteiger partial charge in [-0.15, -0.1) is 0 Å². The number of benzene rings is 1. The van der Waals surface area contributed by atoms with E-state index < -0.39 is 38.0 Å². The van der Waals surface area contributed by atoms with Crippen molar-refractivity contribution in [2.75, 3.05) is 0 Å². The van der Waals surface area contributed by atoms with E-state index in [4.69, 9.17) is 15.4 Å². The van der Waals surface area contributed by atoms with Crippen molar-refractivity contribution in [2.24, 2.45) is 5.73 Å². The maximum Gasteiger partial charge on any atom is 0.337 e. The molecular formula is C8H7NO6S. The lowest BCUT2D eigenvalue weighted by Crippen LogP contribution is -2.19. The van der Waals surface area contributed by atoms with Crippen LogP contribution in [0.2, 0.25) is 0 Å². The van der Waals surface area contributed by atoms with Crippen LogP contribution in [0.5, 0.6) is 0 Å². The molecule has 8 heteroatoms. The van der Waals surface area contributed by atoms with Gasteiger partial charge in [-0.1, -0.05) is 6.07 Å². The van der Waals surface area contributed by atoms with Crippen LogP contribution >= 0.6 is 0 Å². The number of primary amides is 1. The van der Waals surface area contributed by atoms with Gasteiger partial charge in [0.1, 0.15) is 4.90 Å². The van der Waals surface area contributed by atoms with Crippen LogP contribution in [0.1, 0.15) is 20.7 Å². The molecule has 0 saturated heterocycles. The molecule has 1 rings (SSSR count). The molecule has 0 bridgehead atoms. The summed E-state index contributed by atoms with van der Waals surface area (Å²) in [5, 5.41) is 8.78. The average Bonchev–Trinajstić information content (AvgIpc) is 2.14. The lowest BCUT2D eigenvalue weighted by Gasteiger charge is -2.06. The van der Waals surface area contributed by atoms with Crippen molar-refractivity contribution < 1.29 is 27.7 Å². The van der Waals surface area contributed by atoms with Crippen molar-refractivity contribution in [2.45, 2.75) is 4.90 Å². The highest BCUT2D eigenvalue weighted by Gasteiger charge is 2.25. The minimum atomic E-state index is -4.72. The zero-order valence-corrected chi connectivity index (χ0v) is 8.56. The van der Waals surface area contributed by atoms with E-state index in [1.165, 1.54) is 0 Å². The van der Waals surface area contributed by atoms with E-state index in [1.54, 1.807) is 0 Å². The molecule has 1 aromatic carbocycles. The second kappa shape index (κ2) is 3.91. The van der Waals surface area contributed by atoms with Crippen LogP contribution in [0, 0.1) is 0 Å². The molecule has 0 heterocycles. The van der Waals surface area contributed by atoms with Gasteiger partial charge in [0, 0.05) is 0 Å². The van der Waals surface area contributed by atoms with Gasteiger partial charge in [-0.25, -0.2) is 4.79 Å². The number of rotatable bonds is 3. The van der Waals surface area contributed by atoms with Crippen molar-refractivity contribution in [3.8, 4) is 0 Å². The third kappa shape index (κ3) is 2.18. The van der Waals surface area contributed by atoms with Crippen LogP contribution in [-0.2, 0) is 10.1 Å². The van der Waals surface area contributed by atoms with E-state index >= 15 is 0 Å². The van der Waals surface area contributed by atoms with Crippen molar-refractivity contribution >= 4 is 22.0 Å². The summed E-state index contributed by atoms with van der Waals surface area (Å²) in [6.07, 6.45) is 0. The second-order valence-corrected chi connectivity index (χ2v) is 4.21. The maximum atomic E-state index is 10.9. The molecule has 0 radical (unpaired) electrons. The first kappa shape index (κ1) is 12.1.